The number of rotatable bonds is 0. The molecule has 0 fully saturated rings. The van der Waals surface area contributed by atoms with Gasteiger partial charge in [0.1, 0.15) is 0 Å². The van der Waals surface area contributed by atoms with Gasteiger partial charge in [-0.1, -0.05) is 0 Å². The summed E-state index contributed by atoms with van der Waals surface area (Å²) in [5.74, 6) is 0. The molecule has 0 aliphatic rings. The summed E-state index contributed by atoms with van der Waals surface area (Å²) in [4.78, 5) is 21.6. The van der Waals surface area contributed by atoms with Crippen LogP contribution in [-0.2, 0) is 4.57 Å². The van der Waals surface area contributed by atoms with Crippen molar-refractivity contribution in [2.75, 3.05) is 0 Å². The van der Waals surface area contributed by atoms with Crippen molar-refractivity contribution in [3.05, 3.63) is 0 Å². The Kier molecular flexibility index (Phi) is 5.87. The smallest absolute Gasteiger partial charge is 0.303 e. The molecule has 0 saturated heterocycles. The predicted molar refractivity (Wildman–Crippen MR) is 14.3 cm³/mol. The Morgan fingerprint density at radius 2 is 1.17 bits per heavy atom. The molecule has 0 unspecified atom stereocenters. The second-order valence-electron chi connectivity index (χ2n) is 0.513. The molecule has 6 heavy (non-hydrogen) atoms. The van der Waals surface area contributed by atoms with E-state index in [1.165, 1.54) is 0 Å². The maximum atomic E-state index is 8.88. The van der Waals surface area contributed by atoms with Crippen LogP contribution in [0.5, 0.6) is 0 Å². The van der Waals surface area contributed by atoms with Gasteiger partial charge in [0.25, 0.3) is 0 Å². The summed E-state index contributed by atoms with van der Waals surface area (Å²) in [5.41, 5.74) is 0. The first-order chi connectivity index (χ1) is 2.00. The SMILES string of the molecule is O=P(O)(O)O.[Dy]. The zero-order valence-corrected chi connectivity index (χ0v) is 5.44. The average Bonchev–Trinajstić information content (AvgIpc) is 0.722. The van der Waals surface area contributed by atoms with Gasteiger partial charge >= 0.3 is 7.82 Å². The predicted octanol–water partition coefficient (Wildman–Crippen LogP) is -0.929. The molecule has 0 aromatic carbocycles. The van der Waals surface area contributed by atoms with Crippen LogP contribution in [0.3, 0.4) is 0 Å². The Morgan fingerprint density at radius 1 is 1.17 bits per heavy atom. The van der Waals surface area contributed by atoms with Crippen molar-refractivity contribution >= 4 is 7.82 Å². The summed E-state index contributed by atoms with van der Waals surface area (Å²) >= 11 is 0. The average molecular weight is 260 g/mol. The van der Waals surface area contributed by atoms with Crippen LogP contribution in [0.15, 0.2) is 0 Å². The monoisotopic (exact) mass is 262 g/mol. The fourth-order valence-corrected chi connectivity index (χ4v) is 0. The molecule has 0 atom stereocenters. The number of phosphoric acid groups is 1. The Hall–Kier alpha value is 1.38. The van der Waals surface area contributed by atoms with Gasteiger partial charge in [-0.15, -0.1) is 0 Å². The van der Waals surface area contributed by atoms with E-state index in [1.54, 1.807) is 0 Å². The summed E-state index contributed by atoms with van der Waals surface area (Å²) in [6.07, 6.45) is 0. The molecule has 0 heterocycles. The van der Waals surface area contributed by atoms with Crippen LogP contribution in [-0.4, -0.2) is 14.7 Å². The van der Waals surface area contributed by atoms with Gasteiger partial charge in [-0.05, 0) is 0 Å². The molecule has 6 heteroatoms. The quantitative estimate of drug-likeness (QED) is 0.492. The third-order valence-electron chi connectivity index (χ3n) is 0. The fraction of sp³-hybridized carbons (Fsp3) is 0. The first kappa shape index (κ1) is 10.4. The van der Waals surface area contributed by atoms with E-state index in [2.05, 4.69) is 0 Å². The van der Waals surface area contributed by atoms with E-state index < -0.39 is 7.82 Å². The molecule has 0 amide bonds. The van der Waals surface area contributed by atoms with E-state index >= 15 is 0 Å². The second-order valence-corrected chi connectivity index (χ2v) is 1.54. The molecule has 0 aliphatic carbocycles. The Labute approximate surface area is 64.8 Å². The summed E-state index contributed by atoms with van der Waals surface area (Å²) in [6, 6.07) is 0. The van der Waals surface area contributed by atoms with Crippen molar-refractivity contribution in [3.8, 4) is 0 Å². The van der Waals surface area contributed by atoms with Gasteiger partial charge in [-0.25, -0.2) is 4.57 Å². The minimum atomic E-state index is -4.64. The maximum absolute atomic E-state index is 8.88. The van der Waals surface area contributed by atoms with Crippen molar-refractivity contribution < 1.29 is 57.4 Å². The van der Waals surface area contributed by atoms with E-state index in [0.717, 1.165) is 0 Å². The fourth-order valence-electron chi connectivity index (χ4n) is 0. The van der Waals surface area contributed by atoms with Gasteiger partial charge < -0.3 is 14.7 Å². The van der Waals surface area contributed by atoms with Gasteiger partial charge in [-0.3, -0.25) is 0 Å². The molecule has 0 radical (unpaired) electrons. The van der Waals surface area contributed by atoms with E-state index in [-0.39, 0.29) is 38.2 Å². The van der Waals surface area contributed by atoms with Gasteiger partial charge in [-0.2, -0.15) is 0 Å². The van der Waals surface area contributed by atoms with Crippen LogP contribution < -0.4 is 0 Å². The zero-order chi connectivity index (χ0) is 4.50. The Morgan fingerprint density at radius 3 is 1.17 bits per heavy atom. The number of hydrogen-bond acceptors (Lipinski definition) is 1. The van der Waals surface area contributed by atoms with Crippen LogP contribution in [0.25, 0.3) is 0 Å². The van der Waals surface area contributed by atoms with E-state index in [4.69, 9.17) is 19.2 Å². The van der Waals surface area contributed by atoms with Crippen LogP contribution in [0, 0.1) is 38.2 Å². The van der Waals surface area contributed by atoms with E-state index in [0.29, 0.717) is 0 Å². The Bertz CT molecular complexity index is 53.7. The summed E-state index contributed by atoms with van der Waals surface area (Å²) in [5, 5.41) is 0. The summed E-state index contributed by atoms with van der Waals surface area (Å²) in [7, 11) is -4.64. The molecular weight excluding hydrogens is 257 g/mol. The molecule has 0 rings (SSSR count). The molecule has 0 aromatic heterocycles. The van der Waals surface area contributed by atoms with E-state index in [9.17, 15) is 0 Å². The summed E-state index contributed by atoms with van der Waals surface area (Å²) < 4.78 is 8.88. The standard InChI is InChI=1S/Dy.H3O4P/c;1-5(2,3)4/h;(H3,1,2,3,4). The zero-order valence-electron chi connectivity index (χ0n) is 2.51. The molecule has 0 spiro atoms. The van der Waals surface area contributed by atoms with Crippen LogP contribution in [0.4, 0.5) is 0 Å². The Balaban J connectivity index is 0. The summed E-state index contributed by atoms with van der Waals surface area (Å²) in [6.45, 7) is 0. The molecule has 3 N–H and O–H groups in total. The largest absolute Gasteiger partial charge is 0.466 e. The van der Waals surface area contributed by atoms with Crippen LogP contribution >= 0.6 is 7.82 Å². The van der Waals surface area contributed by atoms with Crippen molar-refractivity contribution in [1.29, 1.82) is 0 Å². The first-order valence-electron chi connectivity index (χ1n) is 0.783. The van der Waals surface area contributed by atoms with Crippen molar-refractivity contribution in [2.24, 2.45) is 0 Å². The van der Waals surface area contributed by atoms with E-state index in [1.807, 2.05) is 0 Å². The number of hydrogen-bond donors (Lipinski definition) is 3. The van der Waals surface area contributed by atoms with Gasteiger partial charge in [0.2, 0.25) is 0 Å². The molecule has 0 saturated carbocycles. The molecule has 0 bridgehead atoms. The van der Waals surface area contributed by atoms with Crippen LogP contribution in [0.1, 0.15) is 0 Å². The van der Waals surface area contributed by atoms with Crippen molar-refractivity contribution in [2.45, 2.75) is 0 Å². The topological polar surface area (TPSA) is 77.8 Å². The third-order valence-corrected chi connectivity index (χ3v) is 0. The normalized spacial score (nSPS) is 9.83. The van der Waals surface area contributed by atoms with Crippen molar-refractivity contribution in [1.82, 2.24) is 0 Å². The van der Waals surface area contributed by atoms with Gasteiger partial charge in [0, 0.05) is 38.2 Å². The van der Waals surface area contributed by atoms with Gasteiger partial charge in [0.15, 0.2) is 0 Å². The van der Waals surface area contributed by atoms with Gasteiger partial charge in [0.05, 0.1) is 0 Å². The maximum Gasteiger partial charge on any atom is 0.466 e. The first-order valence-corrected chi connectivity index (χ1v) is 2.35. The second kappa shape index (κ2) is 3.39. The molecular formula is H3DyO4P. The van der Waals surface area contributed by atoms with Crippen LogP contribution in [0.2, 0.25) is 0 Å². The molecule has 0 aromatic rings. The van der Waals surface area contributed by atoms with Crippen molar-refractivity contribution in [3.63, 3.8) is 0 Å². The molecule has 0 aliphatic heterocycles. The third kappa shape index (κ3) is 54.1. The molecule has 42 valence electrons. The molecule has 4 nitrogen and oxygen atoms in total. The minimum Gasteiger partial charge on any atom is -0.303 e. The minimum absolute atomic E-state index is 0.